The first-order chi connectivity index (χ1) is 9.44. The molecular weight excluding hydrogens is 281 g/mol. The fourth-order valence-corrected chi connectivity index (χ4v) is 4.24. The van der Waals surface area contributed by atoms with E-state index in [0.29, 0.717) is 25.9 Å². The molecular formula is C14H20FNO3S. The van der Waals surface area contributed by atoms with Gasteiger partial charge < -0.3 is 10.0 Å². The monoisotopic (exact) mass is 301 g/mol. The molecule has 0 aliphatic carbocycles. The molecule has 0 unspecified atom stereocenters. The minimum absolute atomic E-state index is 0.159. The molecule has 1 N–H and O–H groups in total. The van der Waals surface area contributed by atoms with Crippen LogP contribution >= 0.6 is 0 Å². The molecule has 0 aromatic heterocycles. The van der Waals surface area contributed by atoms with Gasteiger partial charge in [-0.3, -0.25) is 0 Å². The Balaban J connectivity index is 2.04. The molecule has 0 spiro atoms. The Morgan fingerprint density at radius 2 is 2.00 bits per heavy atom. The molecule has 1 fully saturated rings. The molecule has 0 atom stereocenters. The van der Waals surface area contributed by atoms with Crippen LogP contribution in [0.25, 0.3) is 0 Å². The third-order valence-electron chi connectivity index (χ3n) is 3.83. The van der Waals surface area contributed by atoms with Crippen LogP contribution in [-0.2, 0) is 9.84 Å². The number of hydrogen-bond acceptors (Lipinski definition) is 4. The third-order valence-corrected chi connectivity index (χ3v) is 6.06. The van der Waals surface area contributed by atoms with Crippen molar-refractivity contribution in [2.24, 2.45) is 0 Å². The van der Waals surface area contributed by atoms with Crippen molar-refractivity contribution in [2.45, 2.75) is 25.0 Å². The molecule has 1 saturated heterocycles. The molecule has 6 heteroatoms. The van der Waals surface area contributed by atoms with Crippen LogP contribution in [-0.4, -0.2) is 44.2 Å². The lowest BCUT2D eigenvalue weighted by molar-refractivity contribution is 0.318. The van der Waals surface area contributed by atoms with Crippen LogP contribution in [0.4, 0.5) is 10.1 Å². The van der Waals surface area contributed by atoms with E-state index < -0.39 is 9.84 Å². The maximum atomic E-state index is 13.1. The van der Waals surface area contributed by atoms with E-state index >= 15 is 0 Å². The molecule has 0 radical (unpaired) electrons. The standard InChI is InChI=1S/C14H20FNO3S/c1-11-10-12(15)2-3-14(11)16-6-4-13(5-7-16)20(18,19)9-8-17/h2-3,10,13,17H,4-9H2,1H3. The molecule has 4 nitrogen and oxygen atoms in total. The highest BCUT2D eigenvalue weighted by molar-refractivity contribution is 7.92. The number of aliphatic hydroxyl groups excluding tert-OH is 1. The van der Waals surface area contributed by atoms with Gasteiger partial charge in [-0.15, -0.1) is 0 Å². The quantitative estimate of drug-likeness (QED) is 0.916. The lowest BCUT2D eigenvalue weighted by Crippen LogP contribution is -2.40. The maximum absolute atomic E-state index is 13.1. The summed E-state index contributed by atoms with van der Waals surface area (Å²) in [6, 6.07) is 4.66. The van der Waals surface area contributed by atoms with E-state index in [2.05, 4.69) is 4.90 Å². The first-order valence-corrected chi connectivity index (χ1v) is 8.49. The Labute approximate surface area is 119 Å². The van der Waals surface area contributed by atoms with Gasteiger partial charge in [-0.2, -0.15) is 0 Å². The molecule has 0 saturated carbocycles. The molecule has 20 heavy (non-hydrogen) atoms. The van der Waals surface area contributed by atoms with Crippen LogP contribution in [0, 0.1) is 12.7 Å². The third kappa shape index (κ3) is 3.30. The zero-order valence-corrected chi connectivity index (χ0v) is 12.4. The Morgan fingerprint density at radius 3 is 2.55 bits per heavy atom. The van der Waals surface area contributed by atoms with Crippen LogP contribution in [0.2, 0.25) is 0 Å². The summed E-state index contributed by atoms with van der Waals surface area (Å²) in [4.78, 5) is 2.10. The number of nitrogens with zero attached hydrogens (tertiary/aromatic N) is 1. The lowest BCUT2D eigenvalue weighted by atomic mass is 10.1. The summed E-state index contributed by atoms with van der Waals surface area (Å²) >= 11 is 0. The number of anilines is 1. The van der Waals surface area contributed by atoms with Crippen molar-refractivity contribution in [1.82, 2.24) is 0 Å². The molecule has 112 valence electrons. The highest BCUT2D eigenvalue weighted by Crippen LogP contribution is 2.26. The van der Waals surface area contributed by atoms with E-state index in [1.165, 1.54) is 12.1 Å². The van der Waals surface area contributed by atoms with Gasteiger partial charge >= 0.3 is 0 Å². The summed E-state index contributed by atoms with van der Waals surface area (Å²) in [5.74, 6) is -0.417. The highest BCUT2D eigenvalue weighted by atomic mass is 32.2. The van der Waals surface area contributed by atoms with E-state index in [9.17, 15) is 12.8 Å². The van der Waals surface area contributed by atoms with Crippen LogP contribution in [0.5, 0.6) is 0 Å². The van der Waals surface area contributed by atoms with E-state index in [1.807, 2.05) is 6.92 Å². The zero-order chi connectivity index (χ0) is 14.8. The Hall–Kier alpha value is -1.14. The first-order valence-electron chi connectivity index (χ1n) is 6.77. The largest absolute Gasteiger partial charge is 0.395 e. The van der Waals surface area contributed by atoms with Crippen LogP contribution in [0.3, 0.4) is 0 Å². The Kier molecular flexibility index (Phi) is 4.65. The predicted octanol–water partition coefficient (Wildman–Crippen LogP) is 1.51. The lowest BCUT2D eigenvalue weighted by Gasteiger charge is -2.34. The molecule has 1 aromatic rings. The van der Waals surface area contributed by atoms with Crippen LogP contribution in [0.15, 0.2) is 18.2 Å². The van der Waals surface area contributed by atoms with Crippen LogP contribution < -0.4 is 4.90 Å². The smallest absolute Gasteiger partial charge is 0.155 e. The normalized spacial score (nSPS) is 17.4. The minimum Gasteiger partial charge on any atom is -0.395 e. The second-order valence-electron chi connectivity index (χ2n) is 5.21. The topological polar surface area (TPSA) is 57.6 Å². The molecule has 1 aromatic carbocycles. The van der Waals surface area contributed by atoms with Gasteiger partial charge in [-0.1, -0.05) is 0 Å². The average Bonchev–Trinajstić information content (AvgIpc) is 2.39. The summed E-state index contributed by atoms with van der Waals surface area (Å²) in [5.41, 5.74) is 1.83. The fourth-order valence-electron chi connectivity index (χ4n) is 2.72. The number of halogens is 1. The van der Waals surface area contributed by atoms with Gasteiger partial charge in [-0.05, 0) is 43.5 Å². The van der Waals surface area contributed by atoms with Gasteiger partial charge in [0.15, 0.2) is 9.84 Å². The summed E-state index contributed by atoms with van der Waals surface area (Å²) in [5, 5.41) is 8.43. The SMILES string of the molecule is Cc1cc(F)ccc1N1CCC(S(=O)(=O)CCO)CC1. The van der Waals surface area contributed by atoms with Gasteiger partial charge in [0.05, 0.1) is 17.6 Å². The van der Waals surface area contributed by atoms with Gasteiger partial charge in [0.1, 0.15) is 5.82 Å². The number of aliphatic hydroxyl groups is 1. The summed E-state index contributed by atoms with van der Waals surface area (Å²) in [6.07, 6.45) is 1.11. The molecule has 1 heterocycles. The van der Waals surface area contributed by atoms with Crippen molar-refractivity contribution in [1.29, 1.82) is 0 Å². The van der Waals surface area contributed by atoms with E-state index in [0.717, 1.165) is 11.3 Å². The number of hydrogen-bond donors (Lipinski definition) is 1. The number of piperidine rings is 1. The molecule has 0 bridgehead atoms. The van der Waals surface area contributed by atoms with E-state index in [1.54, 1.807) is 6.07 Å². The Morgan fingerprint density at radius 1 is 1.35 bits per heavy atom. The molecule has 2 rings (SSSR count). The van der Waals surface area contributed by atoms with Gasteiger partial charge in [0.25, 0.3) is 0 Å². The summed E-state index contributed by atoms with van der Waals surface area (Å²) in [7, 11) is -3.19. The van der Waals surface area contributed by atoms with Crippen molar-refractivity contribution in [3.8, 4) is 0 Å². The average molecular weight is 301 g/mol. The van der Waals surface area contributed by atoms with Crippen molar-refractivity contribution in [3.05, 3.63) is 29.6 Å². The predicted molar refractivity (Wildman–Crippen MR) is 77.2 cm³/mol. The van der Waals surface area contributed by atoms with E-state index in [-0.39, 0.29) is 23.4 Å². The number of sulfone groups is 1. The van der Waals surface area contributed by atoms with Gasteiger partial charge in [-0.25, -0.2) is 12.8 Å². The highest BCUT2D eigenvalue weighted by Gasteiger charge is 2.29. The van der Waals surface area contributed by atoms with E-state index in [4.69, 9.17) is 5.11 Å². The second kappa shape index (κ2) is 6.10. The number of benzene rings is 1. The fraction of sp³-hybridized carbons (Fsp3) is 0.571. The van der Waals surface area contributed by atoms with Gasteiger partial charge in [0.2, 0.25) is 0 Å². The molecule has 1 aliphatic rings. The van der Waals surface area contributed by atoms with Crippen molar-refractivity contribution in [3.63, 3.8) is 0 Å². The number of aryl methyl sites for hydroxylation is 1. The zero-order valence-electron chi connectivity index (χ0n) is 11.5. The van der Waals surface area contributed by atoms with Crippen LogP contribution in [0.1, 0.15) is 18.4 Å². The van der Waals surface area contributed by atoms with Crippen molar-refractivity contribution < 1.29 is 17.9 Å². The summed E-state index contributed by atoms with van der Waals surface area (Å²) in [6.45, 7) is 2.82. The van der Waals surface area contributed by atoms with Crippen molar-refractivity contribution in [2.75, 3.05) is 30.3 Å². The Bertz CT molecular complexity index is 566. The maximum Gasteiger partial charge on any atom is 0.155 e. The first kappa shape index (κ1) is 15.3. The molecule has 1 aliphatic heterocycles. The summed E-state index contributed by atoms with van der Waals surface area (Å²) < 4.78 is 36.9. The van der Waals surface area contributed by atoms with Gasteiger partial charge in [0, 0.05) is 18.8 Å². The minimum atomic E-state index is -3.19. The van der Waals surface area contributed by atoms with Crippen molar-refractivity contribution >= 4 is 15.5 Å². The second-order valence-corrected chi connectivity index (χ2v) is 7.61. The number of rotatable bonds is 4. The molecule has 0 amide bonds.